The Bertz CT molecular complexity index is 551. The highest BCUT2D eigenvalue weighted by Crippen LogP contribution is 2.22. The zero-order valence-electron chi connectivity index (χ0n) is 13.0. The van der Waals surface area contributed by atoms with Gasteiger partial charge in [-0.25, -0.2) is 0 Å². The lowest BCUT2D eigenvalue weighted by Crippen LogP contribution is -2.37. The molecule has 1 aliphatic rings. The van der Waals surface area contributed by atoms with Crippen molar-refractivity contribution in [1.29, 1.82) is 5.26 Å². The van der Waals surface area contributed by atoms with Crippen molar-refractivity contribution in [3.05, 3.63) is 35.9 Å². The van der Waals surface area contributed by atoms with Gasteiger partial charge in [-0.1, -0.05) is 31.4 Å². The van der Waals surface area contributed by atoms with Gasteiger partial charge in [-0.15, -0.1) is 0 Å². The van der Waals surface area contributed by atoms with E-state index < -0.39 is 0 Å². The molecule has 1 fully saturated rings. The third-order valence-corrected chi connectivity index (χ3v) is 4.07. The normalized spacial score (nSPS) is 15.5. The van der Waals surface area contributed by atoms with E-state index in [1.165, 1.54) is 19.3 Å². The van der Waals surface area contributed by atoms with Crippen LogP contribution in [0.3, 0.4) is 0 Å². The van der Waals surface area contributed by atoms with Gasteiger partial charge in [0, 0.05) is 19.2 Å². The van der Waals surface area contributed by atoms with Crippen molar-refractivity contribution in [1.82, 2.24) is 4.90 Å². The summed E-state index contributed by atoms with van der Waals surface area (Å²) in [6.07, 6.45) is 9.39. The summed E-state index contributed by atoms with van der Waals surface area (Å²) in [6.45, 7) is 0.0415. The quantitative estimate of drug-likeness (QED) is 0.783. The fourth-order valence-corrected chi connectivity index (χ4v) is 2.72. The molecule has 2 rings (SSSR count). The molecule has 0 aliphatic heterocycles. The van der Waals surface area contributed by atoms with Crippen molar-refractivity contribution in [2.75, 3.05) is 13.7 Å². The van der Waals surface area contributed by atoms with Crippen LogP contribution < -0.4 is 4.74 Å². The lowest BCUT2D eigenvalue weighted by atomic mass is 9.94. The van der Waals surface area contributed by atoms with E-state index >= 15 is 0 Å². The Labute approximate surface area is 132 Å². The number of nitriles is 1. The standard InChI is InChI=1S/C18H22N2O2/c1-20(16-5-3-2-4-6-16)18(21)12-9-15-7-10-17(11-8-15)22-14-13-19/h7-12,16H,2-6,14H2,1H3/b12-9+. The predicted octanol–water partition coefficient (Wildman–Crippen LogP) is 3.39. The van der Waals surface area contributed by atoms with Crippen LogP contribution in [0.15, 0.2) is 30.3 Å². The second-order valence-electron chi connectivity index (χ2n) is 5.59. The van der Waals surface area contributed by atoms with Crippen molar-refractivity contribution >= 4 is 12.0 Å². The van der Waals surface area contributed by atoms with Gasteiger partial charge in [-0.2, -0.15) is 5.26 Å². The monoisotopic (exact) mass is 298 g/mol. The largest absolute Gasteiger partial charge is 0.479 e. The van der Waals surface area contributed by atoms with Crippen molar-refractivity contribution in [2.45, 2.75) is 38.1 Å². The van der Waals surface area contributed by atoms with Crippen molar-refractivity contribution in [3.8, 4) is 11.8 Å². The molecule has 0 spiro atoms. The Hall–Kier alpha value is -2.28. The Morgan fingerprint density at radius 3 is 2.64 bits per heavy atom. The van der Waals surface area contributed by atoms with Gasteiger partial charge in [-0.05, 0) is 36.6 Å². The van der Waals surface area contributed by atoms with Crippen LogP contribution in [0.25, 0.3) is 6.08 Å². The van der Waals surface area contributed by atoms with Crippen LogP contribution in [-0.4, -0.2) is 30.5 Å². The summed E-state index contributed by atoms with van der Waals surface area (Å²) in [7, 11) is 1.89. The third kappa shape index (κ3) is 4.63. The second-order valence-corrected chi connectivity index (χ2v) is 5.59. The van der Waals surface area contributed by atoms with E-state index in [1.807, 2.05) is 36.2 Å². The fourth-order valence-electron chi connectivity index (χ4n) is 2.72. The molecule has 1 aromatic rings. The number of hydrogen-bond donors (Lipinski definition) is 0. The Morgan fingerprint density at radius 1 is 1.32 bits per heavy atom. The number of ether oxygens (including phenoxy) is 1. The smallest absolute Gasteiger partial charge is 0.246 e. The Morgan fingerprint density at radius 2 is 2.00 bits per heavy atom. The predicted molar refractivity (Wildman–Crippen MR) is 86.2 cm³/mol. The highest BCUT2D eigenvalue weighted by Gasteiger charge is 2.20. The summed E-state index contributed by atoms with van der Waals surface area (Å²) in [5, 5.41) is 8.46. The molecule has 1 amide bonds. The molecule has 0 heterocycles. The molecular formula is C18H22N2O2. The summed E-state index contributed by atoms with van der Waals surface area (Å²) in [5.74, 6) is 0.709. The molecule has 1 saturated carbocycles. The van der Waals surface area contributed by atoms with Gasteiger partial charge < -0.3 is 9.64 Å². The molecule has 22 heavy (non-hydrogen) atoms. The topological polar surface area (TPSA) is 53.3 Å². The molecule has 116 valence electrons. The first-order valence-electron chi connectivity index (χ1n) is 7.75. The maximum absolute atomic E-state index is 12.2. The van der Waals surface area contributed by atoms with Crippen LogP contribution in [0.4, 0.5) is 0 Å². The van der Waals surface area contributed by atoms with Gasteiger partial charge in [0.05, 0.1) is 0 Å². The minimum atomic E-state index is 0.0415. The maximum Gasteiger partial charge on any atom is 0.246 e. The van der Waals surface area contributed by atoms with Crippen molar-refractivity contribution < 1.29 is 9.53 Å². The molecule has 0 N–H and O–H groups in total. The zero-order valence-corrected chi connectivity index (χ0v) is 13.0. The van der Waals surface area contributed by atoms with Crippen molar-refractivity contribution in [2.24, 2.45) is 0 Å². The molecule has 1 aromatic carbocycles. The molecular weight excluding hydrogens is 276 g/mol. The molecule has 0 radical (unpaired) electrons. The first kappa shape index (κ1) is 16.1. The van der Waals surface area contributed by atoms with E-state index in [4.69, 9.17) is 10.00 Å². The molecule has 0 bridgehead atoms. The van der Waals surface area contributed by atoms with Crippen LogP contribution in [0.1, 0.15) is 37.7 Å². The summed E-state index contributed by atoms with van der Waals surface area (Å²) >= 11 is 0. The highest BCUT2D eigenvalue weighted by molar-refractivity contribution is 5.91. The molecule has 1 aliphatic carbocycles. The molecule has 0 unspecified atom stereocenters. The fraction of sp³-hybridized carbons (Fsp3) is 0.444. The van der Waals surface area contributed by atoms with Crippen molar-refractivity contribution in [3.63, 3.8) is 0 Å². The number of likely N-dealkylation sites (N-methyl/N-ethyl adjacent to an activating group) is 1. The van der Waals surface area contributed by atoms with E-state index in [1.54, 1.807) is 18.2 Å². The lowest BCUT2D eigenvalue weighted by molar-refractivity contribution is -0.127. The number of amides is 1. The number of benzene rings is 1. The van der Waals surface area contributed by atoms with E-state index in [2.05, 4.69) is 0 Å². The number of carbonyl (C=O) groups excluding carboxylic acids is 1. The van der Waals surface area contributed by atoms with Crippen LogP contribution in [0, 0.1) is 11.3 Å². The molecule has 0 aromatic heterocycles. The van der Waals surface area contributed by atoms with Crippen LogP contribution in [0.2, 0.25) is 0 Å². The second kappa shape index (κ2) is 8.23. The molecule has 0 atom stereocenters. The third-order valence-electron chi connectivity index (χ3n) is 4.07. The van der Waals surface area contributed by atoms with Gasteiger partial charge in [0.2, 0.25) is 5.91 Å². The van der Waals surface area contributed by atoms with E-state index in [9.17, 15) is 4.79 Å². The Kier molecular flexibility index (Phi) is 6.02. The Balaban J connectivity index is 1.90. The van der Waals surface area contributed by atoms with Gasteiger partial charge >= 0.3 is 0 Å². The van der Waals surface area contributed by atoms with Gasteiger partial charge in [-0.3, -0.25) is 4.79 Å². The average Bonchev–Trinajstić information content (AvgIpc) is 2.58. The average molecular weight is 298 g/mol. The van der Waals surface area contributed by atoms with Gasteiger partial charge in [0.15, 0.2) is 6.61 Å². The zero-order chi connectivity index (χ0) is 15.8. The number of rotatable bonds is 5. The lowest BCUT2D eigenvalue weighted by Gasteiger charge is -2.30. The number of carbonyl (C=O) groups is 1. The summed E-state index contributed by atoms with van der Waals surface area (Å²) < 4.78 is 5.19. The molecule has 4 heteroatoms. The summed E-state index contributed by atoms with van der Waals surface area (Å²) in [4.78, 5) is 14.1. The van der Waals surface area contributed by atoms with Crippen LogP contribution >= 0.6 is 0 Å². The SMILES string of the molecule is CN(C(=O)/C=C/c1ccc(OCC#N)cc1)C1CCCCC1. The maximum atomic E-state index is 12.2. The summed E-state index contributed by atoms with van der Waals surface area (Å²) in [5.41, 5.74) is 0.940. The molecule has 0 saturated heterocycles. The minimum absolute atomic E-state index is 0.0415. The summed E-state index contributed by atoms with van der Waals surface area (Å²) in [6, 6.07) is 9.65. The van der Waals surface area contributed by atoms with Gasteiger partial charge in [0.25, 0.3) is 0 Å². The van der Waals surface area contributed by atoms with E-state index in [0.717, 1.165) is 18.4 Å². The highest BCUT2D eigenvalue weighted by atomic mass is 16.5. The van der Waals surface area contributed by atoms with Crippen LogP contribution in [0.5, 0.6) is 5.75 Å². The van der Waals surface area contributed by atoms with E-state index in [0.29, 0.717) is 11.8 Å². The van der Waals surface area contributed by atoms with Crippen LogP contribution in [-0.2, 0) is 4.79 Å². The van der Waals surface area contributed by atoms with Gasteiger partial charge in [0.1, 0.15) is 11.8 Å². The number of hydrogen-bond acceptors (Lipinski definition) is 3. The van der Waals surface area contributed by atoms with E-state index in [-0.39, 0.29) is 12.5 Å². The number of nitrogens with zero attached hydrogens (tertiary/aromatic N) is 2. The molecule has 4 nitrogen and oxygen atoms in total. The first-order chi connectivity index (χ1) is 10.7. The first-order valence-corrected chi connectivity index (χ1v) is 7.75. The minimum Gasteiger partial charge on any atom is -0.479 e.